The number of anilines is 1. The van der Waals surface area contributed by atoms with Gasteiger partial charge in [-0.2, -0.15) is 0 Å². The fourth-order valence-corrected chi connectivity index (χ4v) is 6.36. The van der Waals surface area contributed by atoms with Crippen molar-refractivity contribution >= 4 is 87.2 Å². The Hall–Kier alpha value is -4.08. The lowest BCUT2D eigenvalue weighted by Gasteiger charge is -2.29. The summed E-state index contributed by atoms with van der Waals surface area (Å²) in [5.74, 6) is -0.161. The minimum Gasteiger partial charge on any atom is -0.467 e. The number of carbonyl (C=O) groups is 3. The van der Waals surface area contributed by atoms with Crippen molar-refractivity contribution in [3.8, 4) is 11.5 Å². The number of para-hydroxylation sites is 1. The average Bonchev–Trinajstić information content (AvgIpc) is 3.83. The minimum atomic E-state index is -1.08. The molecule has 1 aliphatic rings. The van der Waals surface area contributed by atoms with Crippen molar-refractivity contribution in [2.75, 3.05) is 37.8 Å². The van der Waals surface area contributed by atoms with Crippen LogP contribution in [0.2, 0.25) is 10.0 Å². The number of hydrogen-bond acceptors (Lipinski definition) is 10. The number of halogens is 5. The molecule has 0 radical (unpaired) electrons. The van der Waals surface area contributed by atoms with Crippen LogP contribution in [0.15, 0.2) is 77.4 Å². The summed E-state index contributed by atoms with van der Waals surface area (Å²) >= 11 is 28.6. The van der Waals surface area contributed by atoms with Crippen molar-refractivity contribution in [1.82, 2.24) is 4.90 Å². The van der Waals surface area contributed by atoms with Crippen LogP contribution in [0.1, 0.15) is 61.0 Å². The van der Waals surface area contributed by atoms with E-state index in [-0.39, 0.29) is 52.6 Å². The fourth-order valence-electron chi connectivity index (χ4n) is 5.53. The third kappa shape index (κ3) is 13.0. The highest BCUT2D eigenvalue weighted by atomic mass is 35.5. The van der Waals surface area contributed by atoms with E-state index in [0.717, 1.165) is 36.4 Å². The summed E-state index contributed by atoms with van der Waals surface area (Å²) < 4.78 is 26.5. The van der Waals surface area contributed by atoms with Crippen molar-refractivity contribution in [3.63, 3.8) is 0 Å². The zero-order valence-corrected chi connectivity index (χ0v) is 35.7. The number of nitro benzene ring substituents is 1. The maximum atomic E-state index is 12.0. The molecule has 4 aromatic rings. The highest BCUT2D eigenvalue weighted by Gasteiger charge is 2.45. The molecule has 0 aliphatic carbocycles. The van der Waals surface area contributed by atoms with Gasteiger partial charge in [-0.15, -0.1) is 11.6 Å². The molecule has 13 nitrogen and oxygen atoms in total. The van der Waals surface area contributed by atoms with Gasteiger partial charge in [-0.25, -0.2) is 4.79 Å². The van der Waals surface area contributed by atoms with Gasteiger partial charge < -0.3 is 28.3 Å². The van der Waals surface area contributed by atoms with Crippen LogP contribution in [0.4, 0.5) is 11.4 Å². The highest BCUT2D eigenvalue weighted by molar-refractivity contribution is 6.53. The number of benzene rings is 3. The van der Waals surface area contributed by atoms with E-state index in [0.29, 0.717) is 29.7 Å². The van der Waals surface area contributed by atoms with Gasteiger partial charge in [0.25, 0.3) is 11.6 Å². The molecule has 0 spiro atoms. The number of ether oxygens (including phenoxy) is 4. The largest absolute Gasteiger partial charge is 0.467 e. The van der Waals surface area contributed by atoms with E-state index in [4.69, 9.17) is 76.6 Å². The molecule has 1 aliphatic heterocycles. The van der Waals surface area contributed by atoms with Crippen LogP contribution in [-0.2, 0) is 30.2 Å². The molecule has 1 aromatic heterocycles. The van der Waals surface area contributed by atoms with E-state index >= 15 is 0 Å². The topological polar surface area (TPSA) is 151 Å². The molecule has 1 fully saturated rings. The number of alkyl halides is 3. The summed E-state index contributed by atoms with van der Waals surface area (Å²) in [6.07, 6.45) is 2.16. The molecule has 5 rings (SSSR count). The molecule has 0 N–H and O–H groups in total. The van der Waals surface area contributed by atoms with Crippen molar-refractivity contribution in [2.45, 2.75) is 57.7 Å². The lowest BCUT2D eigenvalue weighted by molar-refractivity contribution is -0.385. The van der Waals surface area contributed by atoms with Gasteiger partial charge in [-0.3, -0.25) is 24.6 Å². The van der Waals surface area contributed by atoms with Crippen molar-refractivity contribution in [1.29, 1.82) is 0 Å². The van der Waals surface area contributed by atoms with Gasteiger partial charge in [-0.1, -0.05) is 71.5 Å². The van der Waals surface area contributed by atoms with Crippen LogP contribution >= 0.6 is 58.0 Å². The number of furan rings is 1. The third-order valence-electron chi connectivity index (χ3n) is 8.25. The Balaban J connectivity index is 0.000000231. The van der Waals surface area contributed by atoms with E-state index in [9.17, 15) is 24.5 Å². The lowest BCUT2D eigenvalue weighted by Crippen LogP contribution is -2.45. The highest BCUT2D eigenvalue weighted by Crippen LogP contribution is 2.37. The predicted octanol–water partition coefficient (Wildman–Crippen LogP) is 10.3. The Bertz CT molecular complexity index is 2000. The Morgan fingerprint density at radius 2 is 1.77 bits per heavy atom. The Labute approximate surface area is 355 Å². The van der Waals surface area contributed by atoms with Gasteiger partial charge in [0.05, 0.1) is 35.6 Å². The summed E-state index contributed by atoms with van der Waals surface area (Å²) in [6.45, 7) is 10.8. The molecule has 1 atom stereocenters. The number of hydrogen-bond donors (Lipinski definition) is 0. The molecule has 2 amide bonds. The monoisotopic (exact) mass is 887 g/mol. The number of aryl methyl sites for hydroxylation is 2. The third-order valence-corrected chi connectivity index (χ3v) is 9.38. The van der Waals surface area contributed by atoms with Crippen LogP contribution in [0.25, 0.3) is 0 Å². The number of amides is 2. The van der Waals surface area contributed by atoms with E-state index in [1.54, 1.807) is 43.2 Å². The number of nitrogens with zero attached hydrogens (tertiary/aromatic N) is 3. The first kappa shape index (κ1) is 47.3. The first-order valence-corrected chi connectivity index (χ1v) is 19.5. The average molecular weight is 890 g/mol. The van der Waals surface area contributed by atoms with Crippen LogP contribution in [0.3, 0.4) is 0 Å². The van der Waals surface area contributed by atoms with Gasteiger partial charge in [-0.05, 0) is 81.6 Å². The molecule has 0 bridgehead atoms. The SMILES string of the molecule is CC1(C)OC(c2ccco2)CN1C(=O)C(Cl)Cl.CCOCN(C(=O)CCl)c1c(C)cccc1CC.COC(=O)c1cc(Oc2ccc(Cl)cc2Cl)ccc1[N+](=O)[O-]. The molecule has 57 heavy (non-hydrogen) atoms. The zero-order valence-electron chi connectivity index (χ0n) is 31.9. The van der Waals surface area contributed by atoms with E-state index in [1.807, 2.05) is 38.1 Å². The van der Waals surface area contributed by atoms with Gasteiger partial charge >= 0.3 is 5.97 Å². The van der Waals surface area contributed by atoms with E-state index in [2.05, 4.69) is 11.7 Å². The molecular weight excluding hydrogens is 848 g/mol. The number of carbonyl (C=O) groups excluding carboxylic acids is 3. The summed E-state index contributed by atoms with van der Waals surface area (Å²) in [5, 5.41) is 11.6. The normalized spacial score (nSPS) is 14.2. The van der Waals surface area contributed by atoms with Crippen LogP contribution in [-0.4, -0.2) is 71.0 Å². The Morgan fingerprint density at radius 3 is 2.33 bits per heavy atom. The minimum absolute atomic E-state index is 0.0371. The molecule has 2 heterocycles. The molecule has 3 aromatic carbocycles. The molecule has 0 saturated carbocycles. The van der Waals surface area contributed by atoms with Gasteiger partial charge in [0.15, 0.2) is 4.84 Å². The Morgan fingerprint density at radius 1 is 1.05 bits per heavy atom. The Kier molecular flexibility index (Phi) is 18.4. The van der Waals surface area contributed by atoms with Crippen molar-refractivity contribution < 1.29 is 42.7 Å². The van der Waals surface area contributed by atoms with E-state index in [1.165, 1.54) is 23.1 Å². The van der Waals surface area contributed by atoms with Crippen molar-refractivity contribution in [2.24, 2.45) is 0 Å². The molecule has 1 saturated heterocycles. The maximum absolute atomic E-state index is 12.0. The standard InChI is InChI=1S/C14H9Cl2NO5.C14H20ClNO2.C11H13Cl2NO3/c1-21-14(18)10-7-9(3-4-12(10)17(19)20)22-13-5-2-8(15)6-11(13)16;1-4-12-8-6-7-11(3)14(12)16(10-18-5-2)13(17)9-15;1-11(2)14(10(15)9(12)13)6-8(17-11)7-4-3-5-16-7/h2-7H,1H3;6-8H,4-5,9-10H2,1-3H3;3-5,8-9H,6H2,1-2H3. The van der Waals surface area contributed by atoms with Crippen LogP contribution in [0, 0.1) is 17.0 Å². The fraction of sp³-hybridized carbons (Fsp3) is 0.359. The van der Waals surface area contributed by atoms with Crippen LogP contribution < -0.4 is 9.64 Å². The predicted molar refractivity (Wildman–Crippen MR) is 220 cm³/mol. The number of methoxy groups -OCH3 is 1. The molecule has 18 heteroatoms. The first-order chi connectivity index (χ1) is 27.0. The van der Waals surface area contributed by atoms with Gasteiger partial charge in [0.1, 0.15) is 47.3 Å². The second-order valence-corrected chi connectivity index (χ2v) is 14.6. The van der Waals surface area contributed by atoms with Gasteiger partial charge in [0, 0.05) is 23.8 Å². The van der Waals surface area contributed by atoms with Crippen molar-refractivity contribution in [3.05, 3.63) is 116 Å². The molecule has 308 valence electrons. The second-order valence-electron chi connectivity index (χ2n) is 12.4. The van der Waals surface area contributed by atoms with Crippen LogP contribution in [0.5, 0.6) is 11.5 Å². The maximum Gasteiger partial charge on any atom is 0.345 e. The quantitative estimate of drug-likeness (QED) is 0.0442. The molecule has 1 unspecified atom stereocenters. The van der Waals surface area contributed by atoms with E-state index < -0.39 is 21.5 Å². The number of nitro groups is 1. The zero-order chi connectivity index (χ0) is 42.4. The summed E-state index contributed by atoms with van der Waals surface area (Å²) in [5.41, 5.74) is 1.80. The second kappa shape index (κ2) is 22.2. The number of esters is 1. The summed E-state index contributed by atoms with van der Waals surface area (Å²) in [4.78, 5) is 47.7. The summed E-state index contributed by atoms with van der Waals surface area (Å²) in [6, 6.07) is 18.0. The molecular formula is C39H42Cl5N3O10. The van der Waals surface area contributed by atoms with Gasteiger partial charge in [0.2, 0.25) is 5.91 Å². The number of rotatable bonds is 12. The lowest BCUT2D eigenvalue weighted by atomic mass is 10.0. The first-order valence-electron chi connectivity index (χ1n) is 17.3. The summed E-state index contributed by atoms with van der Waals surface area (Å²) in [7, 11) is 1.13. The smallest absolute Gasteiger partial charge is 0.345 e.